The molecule has 1 atom stereocenters. The summed E-state index contributed by atoms with van der Waals surface area (Å²) >= 11 is 0. The number of hydrogen-bond acceptors (Lipinski definition) is 4. The van der Waals surface area contributed by atoms with E-state index in [2.05, 4.69) is 6.42 Å². The molecule has 0 aromatic carbocycles. The molecule has 0 aromatic heterocycles. The molecule has 1 unspecified atom stereocenters. The van der Waals surface area contributed by atoms with Crippen LogP contribution in [0.1, 0.15) is 13.8 Å². The Morgan fingerprint density at radius 2 is 1.41 bits per heavy atom. The molecule has 0 bridgehead atoms. The van der Waals surface area contributed by atoms with Crippen molar-refractivity contribution in [3.8, 4) is 18.8 Å². The zero-order valence-electron chi connectivity index (χ0n) is 13.8. The normalized spacial score (nSPS) is 10.0. The number of hydrogen-bond donors (Lipinski definition) is 1. The molecule has 0 saturated carbocycles. The van der Waals surface area contributed by atoms with Gasteiger partial charge >= 0.3 is 23.1 Å². The van der Waals surface area contributed by atoms with Crippen molar-refractivity contribution >= 4 is 40.7 Å². The minimum atomic E-state index is -1.66. The number of nitrogens with zero attached hydrogens (tertiary/aromatic N) is 2. The van der Waals surface area contributed by atoms with Crippen LogP contribution in [0.25, 0.3) is 0 Å². The smallest absolute Gasteiger partial charge is 1.00 e. The molecule has 0 rings (SSSR count). The monoisotopic (exact) mass is 384 g/mol. The van der Waals surface area contributed by atoms with Crippen LogP contribution in [0.3, 0.4) is 0 Å². The molecule has 2 amide bonds. The number of amides is 2. The summed E-state index contributed by atoms with van der Waals surface area (Å²) < 4.78 is 0. The number of Topliss-reactive ketones (excluding diaryl/α,β-unsaturated/α-hetero) is 1. The van der Waals surface area contributed by atoms with Gasteiger partial charge in [-0.15, -0.1) is 6.42 Å². The summed E-state index contributed by atoms with van der Waals surface area (Å²) in [7, 11) is 6.16. The van der Waals surface area contributed by atoms with Gasteiger partial charge in [-0.2, -0.15) is 0 Å². The number of rotatable bonds is 2. The van der Waals surface area contributed by atoms with Crippen molar-refractivity contribution < 1.29 is 36.5 Å². The SMILES string of the molecule is C#CC(C)(O)C(=O)N(C)C.CC(=O)C(=O)N(C)C.[Br-].[C-]#C.[Mg+2]. The molecule has 0 aliphatic carbocycles. The average molecular weight is 386 g/mol. The van der Waals surface area contributed by atoms with Crippen molar-refractivity contribution in [1.29, 1.82) is 0 Å². The van der Waals surface area contributed by atoms with Gasteiger partial charge in [0.2, 0.25) is 11.4 Å². The molecule has 120 valence electrons. The second-order valence-corrected chi connectivity index (χ2v) is 4.17. The van der Waals surface area contributed by atoms with Gasteiger partial charge in [-0.3, -0.25) is 14.4 Å². The van der Waals surface area contributed by atoms with Crippen molar-refractivity contribution in [1.82, 2.24) is 9.80 Å². The van der Waals surface area contributed by atoms with Gasteiger partial charge in [0.05, 0.1) is 0 Å². The molecule has 0 radical (unpaired) electrons. The standard InChI is InChI=1S/C7H11NO2.C5H9NO2.C2H.BrH.Mg/c1-5-7(2,10)6(9)8(3)4;1-4(7)5(8)6(2)3;1-2;;/h1,10H,2-4H3;1-3H3;1H;1H;/q;;-1;;+2/p-1. The summed E-state index contributed by atoms with van der Waals surface area (Å²) in [4.78, 5) is 34.0. The van der Waals surface area contributed by atoms with Gasteiger partial charge in [-0.1, -0.05) is 5.92 Å². The summed E-state index contributed by atoms with van der Waals surface area (Å²) in [6, 6.07) is 0. The molecule has 22 heavy (non-hydrogen) atoms. The fraction of sp³-hybridized carbons (Fsp3) is 0.500. The second kappa shape index (κ2) is 16.3. The van der Waals surface area contributed by atoms with E-state index in [1.807, 2.05) is 5.92 Å². The van der Waals surface area contributed by atoms with E-state index in [0.29, 0.717) is 0 Å². The van der Waals surface area contributed by atoms with Crippen LogP contribution in [0.15, 0.2) is 0 Å². The largest absolute Gasteiger partial charge is 2.00 e. The van der Waals surface area contributed by atoms with E-state index in [0.717, 1.165) is 0 Å². The van der Waals surface area contributed by atoms with Gasteiger partial charge in [0.1, 0.15) is 0 Å². The molecular formula is C14H21BrMgN2O4. The van der Waals surface area contributed by atoms with E-state index >= 15 is 0 Å². The van der Waals surface area contributed by atoms with E-state index in [9.17, 15) is 14.4 Å². The van der Waals surface area contributed by atoms with E-state index < -0.39 is 23.2 Å². The number of halogens is 1. The van der Waals surface area contributed by atoms with Crippen LogP contribution in [0.4, 0.5) is 0 Å². The number of ketones is 1. The molecule has 0 aliphatic rings. The zero-order valence-corrected chi connectivity index (χ0v) is 16.8. The summed E-state index contributed by atoms with van der Waals surface area (Å²) in [5.74, 6) is 0.635. The Kier molecular flexibility index (Phi) is 24.3. The molecule has 1 N–H and O–H groups in total. The first-order chi connectivity index (χ1) is 8.97. The Bertz CT molecular complexity index is 413. The topological polar surface area (TPSA) is 77.9 Å². The predicted molar refractivity (Wildman–Crippen MR) is 81.5 cm³/mol. The van der Waals surface area contributed by atoms with Crippen molar-refractivity contribution in [2.24, 2.45) is 0 Å². The Balaban J connectivity index is -0.0000000737. The summed E-state index contributed by atoms with van der Waals surface area (Å²) in [5, 5.41) is 9.13. The molecule has 0 fully saturated rings. The third kappa shape index (κ3) is 15.3. The van der Waals surface area contributed by atoms with Crippen LogP contribution in [0, 0.1) is 25.2 Å². The van der Waals surface area contributed by atoms with Gasteiger partial charge < -0.3 is 44.7 Å². The third-order valence-electron chi connectivity index (χ3n) is 1.81. The number of terminal acetylenes is 2. The molecular weight excluding hydrogens is 364 g/mol. The molecule has 0 aliphatic heterocycles. The molecule has 6 nitrogen and oxygen atoms in total. The summed E-state index contributed by atoms with van der Waals surface area (Å²) in [6.07, 6.45) is 13.9. The third-order valence-corrected chi connectivity index (χ3v) is 1.81. The van der Waals surface area contributed by atoms with Crippen molar-refractivity contribution in [3.63, 3.8) is 0 Å². The first-order valence-electron chi connectivity index (χ1n) is 5.40. The van der Waals surface area contributed by atoms with Crippen LogP contribution in [0.2, 0.25) is 0 Å². The quantitative estimate of drug-likeness (QED) is 0.227. The fourth-order valence-electron chi connectivity index (χ4n) is 0.812. The van der Waals surface area contributed by atoms with Crippen molar-refractivity contribution in [3.05, 3.63) is 6.42 Å². The van der Waals surface area contributed by atoms with Crippen LogP contribution < -0.4 is 17.0 Å². The number of likely N-dealkylation sites (N-methyl/N-ethyl adjacent to an activating group) is 2. The molecule has 8 heteroatoms. The van der Waals surface area contributed by atoms with Crippen LogP contribution in [-0.2, 0) is 14.4 Å². The molecule has 0 spiro atoms. The second-order valence-electron chi connectivity index (χ2n) is 4.17. The van der Waals surface area contributed by atoms with Crippen LogP contribution in [-0.4, -0.2) is 89.3 Å². The number of aliphatic hydroxyl groups is 1. The molecule has 0 saturated heterocycles. The minimum absolute atomic E-state index is 0. The predicted octanol–water partition coefficient (Wildman–Crippen LogP) is -4.05. The maximum absolute atomic E-state index is 10.9. The first kappa shape index (κ1) is 32.8. The van der Waals surface area contributed by atoms with Crippen LogP contribution in [0.5, 0.6) is 0 Å². The van der Waals surface area contributed by atoms with E-state index in [-0.39, 0.29) is 40.0 Å². The zero-order chi connectivity index (χ0) is 17.1. The number of carbonyl (C=O) groups is 3. The van der Waals surface area contributed by atoms with Gasteiger partial charge in [0, 0.05) is 35.1 Å². The Morgan fingerprint density at radius 1 is 1.09 bits per heavy atom. The van der Waals surface area contributed by atoms with Crippen molar-refractivity contribution in [2.75, 3.05) is 28.2 Å². The first-order valence-corrected chi connectivity index (χ1v) is 5.40. The van der Waals surface area contributed by atoms with E-state index in [4.69, 9.17) is 18.0 Å². The maximum Gasteiger partial charge on any atom is 2.00 e. The maximum atomic E-state index is 10.9. The van der Waals surface area contributed by atoms with E-state index in [1.165, 1.54) is 37.7 Å². The van der Waals surface area contributed by atoms with Gasteiger partial charge in [-0.05, 0) is 6.92 Å². The van der Waals surface area contributed by atoms with E-state index in [1.54, 1.807) is 14.1 Å². The summed E-state index contributed by atoms with van der Waals surface area (Å²) in [6.45, 7) is 2.54. The van der Waals surface area contributed by atoms with Gasteiger partial charge in [0.25, 0.3) is 11.8 Å². The van der Waals surface area contributed by atoms with Gasteiger partial charge in [0.15, 0.2) is 0 Å². The average Bonchev–Trinajstić information content (AvgIpc) is 2.39. The van der Waals surface area contributed by atoms with Gasteiger partial charge in [-0.25, -0.2) is 0 Å². The molecule has 0 heterocycles. The van der Waals surface area contributed by atoms with Crippen molar-refractivity contribution in [2.45, 2.75) is 19.4 Å². The minimum Gasteiger partial charge on any atom is -1.00 e. The fourth-order valence-corrected chi connectivity index (χ4v) is 0.812. The summed E-state index contributed by atoms with van der Waals surface area (Å²) in [5.41, 5.74) is -1.66. The Hall–Kier alpha value is -1.06. The Labute approximate surface area is 159 Å². The number of carbonyl (C=O) groups excluding carboxylic acids is 3. The Morgan fingerprint density at radius 3 is 1.45 bits per heavy atom. The van der Waals surface area contributed by atoms with Crippen LogP contribution >= 0.6 is 0 Å². The molecule has 0 aromatic rings.